The molecule has 0 aliphatic heterocycles. The maximum absolute atomic E-state index is 13.9. The lowest BCUT2D eigenvalue weighted by molar-refractivity contribution is -0.289. The minimum atomic E-state index is -5.81. The average molecular weight is 342 g/mol. The molecule has 0 bridgehead atoms. The van der Waals surface area contributed by atoms with Crippen LogP contribution >= 0.6 is 0 Å². The fourth-order valence-electron chi connectivity index (χ4n) is 3.16. The van der Waals surface area contributed by atoms with Crippen molar-refractivity contribution in [2.75, 3.05) is 0 Å². The number of hydrogen-bond acceptors (Lipinski definition) is 1. The molecule has 2 nitrogen and oxygen atoms in total. The van der Waals surface area contributed by atoms with Crippen molar-refractivity contribution < 1.29 is 31.9 Å². The molecule has 0 amide bonds. The van der Waals surface area contributed by atoms with Crippen LogP contribution in [0.25, 0.3) is 11.1 Å². The molecule has 0 spiro atoms. The Morgan fingerprint density at radius 3 is 2.29 bits per heavy atom. The minimum absolute atomic E-state index is 0.118. The van der Waals surface area contributed by atoms with E-state index in [0.29, 0.717) is 11.1 Å². The maximum Gasteiger partial charge on any atom is 0.458 e. The fraction of sp³-hybridized carbons (Fsp3) is 0.235. The van der Waals surface area contributed by atoms with Crippen LogP contribution in [0.1, 0.15) is 32.6 Å². The van der Waals surface area contributed by atoms with Gasteiger partial charge in [-0.3, -0.25) is 0 Å². The molecule has 24 heavy (non-hydrogen) atoms. The molecule has 0 saturated heterocycles. The summed E-state index contributed by atoms with van der Waals surface area (Å²) in [4.78, 5) is 11.5. The molecule has 0 saturated carbocycles. The van der Waals surface area contributed by atoms with Crippen LogP contribution in [-0.4, -0.2) is 17.3 Å². The average Bonchev–Trinajstić information content (AvgIpc) is 2.82. The van der Waals surface area contributed by atoms with Gasteiger partial charge in [0.25, 0.3) is 0 Å². The highest BCUT2D eigenvalue weighted by Gasteiger charge is 2.59. The summed E-state index contributed by atoms with van der Waals surface area (Å²) in [6.07, 6.45) is -5.62. The summed E-state index contributed by atoms with van der Waals surface area (Å²) in [5, 5.41) is 9.38. The Bertz CT molecular complexity index is 853. The molecule has 126 valence electrons. The van der Waals surface area contributed by atoms with Gasteiger partial charge in [0.2, 0.25) is 0 Å². The van der Waals surface area contributed by atoms with E-state index in [9.17, 15) is 31.9 Å². The molecule has 2 aromatic carbocycles. The zero-order valence-corrected chi connectivity index (χ0v) is 12.3. The Labute approximate surface area is 133 Å². The van der Waals surface area contributed by atoms with Gasteiger partial charge >= 0.3 is 18.1 Å². The van der Waals surface area contributed by atoms with Gasteiger partial charge in [0.15, 0.2) is 0 Å². The Balaban J connectivity index is 2.36. The molecular formula is C17H11F5O2. The zero-order chi connectivity index (χ0) is 17.9. The van der Waals surface area contributed by atoms with E-state index in [1.807, 2.05) is 0 Å². The van der Waals surface area contributed by atoms with Gasteiger partial charge in [-0.1, -0.05) is 24.3 Å². The van der Waals surface area contributed by atoms with Crippen molar-refractivity contribution in [2.45, 2.75) is 25.4 Å². The summed E-state index contributed by atoms with van der Waals surface area (Å²) in [6, 6.07) is 7.37. The molecule has 1 N–H and O–H groups in total. The molecule has 0 unspecified atom stereocenters. The van der Waals surface area contributed by atoms with Crippen LogP contribution in [0, 0.1) is 6.92 Å². The Morgan fingerprint density at radius 2 is 1.71 bits per heavy atom. The van der Waals surface area contributed by atoms with Gasteiger partial charge in [-0.15, -0.1) is 0 Å². The van der Waals surface area contributed by atoms with Crippen LogP contribution in [0.15, 0.2) is 30.3 Å². The summed E-state index contributed by atoms with van der Waals surface area (Å²) in [5.41, 5.74) is -0.798. The first-order chi connectivity index (χ1) is 11.1. The van der Waals surface area contributed by atoms with E-state index >= 15 is 0 Å². The van der Waals surface area contributed by atoms with Crippen LogP contribution < -0.4 is 0 Å². The first-order valence-electron chi connectivity index (χ1n) is 6.98. The standard InChI is InChI=1S/C17H11F5O2/c1-8-13(16(18,19)17(20,21)22)7-11-10-5-3-2-4-9(10)6-12(11)14(8)15(23)24/h2-5,7H,6H2,1H3,(H,23,24). The van der Waals surface area contributed by atoms with Gasteiger partial charge in [0.05, 0.1) is 5.56 Å². The summed E-state index contributed by atoms with van der Waals surface area (Å²) < 4.78 is 66.1. The number of alkyl halides is 5. The summed E-state index contributed by atoms with van der Waals surface area (Å²) in [6.45, 7) is 0.988. The van der Waals surface area contributed by atoms with Crippen LogP contribution in [-0.2, 0) is 12.3 Å². The highest BCUT2D eigenvalue weighted by atomic mass is 19.4. The molecule has 1 aliphatic carbocycles. The van der Waals surface area contributed by atoms with Gasteiger partial charge in [-0.25, -0.2) is 4.79 Å². The van der Waals surface area contributed by atoms with Crippen molar-refractivity contribution in [1.29, 1.82) is 0 Å². The number of carboxylic acid groups (broad SMARTS) is 1. The van der Waals surface area contributed by atoms with Crippen molar-refractivity contribution >= 4 is 5.97 Å². The third kappa shape index (κ3) is 2.18. The quantitative estimate of drug-likeness (QED) is 0.671. The molecule has 0 atom stereocenters. The number of carbonyl (C=O) groups is 1. The van der Waals surface area contributed by atoms with Crippen LogP contribution in [0.2, 0.25) is 0 Å². The lowest BCUT2D eigenvalue weighted by Crippen LogP contribution is -2.35. The van der Waals surface area contributed by atoms with Crippen LogP contribution in [0.4, 0.5) is 22.0 Å². The van der Waals surface area contributed by atoms with Gasteiger partial charge in [-0.2, -0.15) is 22.0 Å². The SMILES string of the molecule is Cc1c(C(F)(F)C(F)(F)F)cc2c(c1C(=O)O)Cc1ccccc1-2. The number of benzene rings is 2. The fourth-order valence-corrected chi connectivity index (χ4v) is 3.16. The second-order valence-electron chi connectivity index (χ2n) is 5.66. The van der Waals surface area contributed by atoms with E-state index < -0.39 is 34.8 Å². The Morgan fingerprint density at radius 1 is 1.08 bits per heavy atom. The molecule has 1 aliphatic rings. The minimum Gasteiger partial charge on any atom is -0.478 e. The Hall–Kier alpha value is -2.44. The van der Waals surface area contributed by atoms with Gasteiger partial charge in [-0.05, 0) is 47.2 Å². The number of aromatic carboxylic acids is 1. The van der Waals surface area contributed by atoms with Gasteiger partial charge in [0, 0.05) is 5.56 Å². The van der Waals surface area contributed by atoms with Crippen LogP contribution in [0.3, 0.4) is 0 Å². The van der Waals surface area contributed by atoms with Crippen molar-refractivity contribution in [3.05, 3.63) is 58.1 Å². The first kappa shape index (κ1) is 16.4. The van der Waals surface area contributed by atoms with Gasteiger partial charge < -0.3 is 5.11 Å². The smallest absolute Gasteiger partial charge is 0.458 e. The van der Waals surface area contributed by atoms with E-state index in [1.54, 1.807) is 24.3 Å². The predicted octanol–water partition coefficient (Wildman–Crippen LogP) is 4.92. The third-order valence-corrected chi connectivity index (χ3v) is 4.28. The van der Waals surface area contributed by atoms with Gasteiger partial charge in [0.1, 0.15) is 0 Å². The van der Waals surface area contributed by atoms with Crippen LogP contribution in [0.5, 0.6) is 0 Å². The highest BCUT2D eigenvalue weighted by molar-refractivity contribution is 5.96. The van der Waals surface area contributed by atoms with Crippen molar-refractivity contribution in [3.8, 4) is 11.1 Å². The number of rotatable bonds is 2. The third-order valence-electron chi connectivity index (χ3n) is 4.28. The number of halogens is 5. The molecule has 0 radical (unpaired) electrons. The molecule has 2 aromatic rings. The zero-order valence-electron chi connectivity index (χ0n) is 12.3. The summed E-state index contributed by atoms with van der Waals surface area (Å²) in [5.74, 6) is -6.65. The highest BCUT2D eigenvalue weighted by Crippen LogP contribution is 2.49. The molecule has 0 aromatic heterocycles. The largest absolute Gasteiger partial charge is 0.478 e. The van der Waals surface area contributed by atoms with E-state index in [2.05, 4.69) is 0 Å². The summed E-state index contributed by atoms with van der Waals surface area (Å²) >= 11 is 0. The molecule has 7 heteroatoms. The normalized spacial score (nSPS) is 13.6. The van der Waals surface area contributed by atoms with Crippen molar-refractivity contribution in [3.63, 3.8) is 0 Å². The second-order valence-corrected chi connectivity index (χ2v) is 5.66. The van der Waals surface area contributed by atoms with E-state index in [4.69, 9.17) is 0 Å². The maximum atomic E-state index is 13.9. The number of carboxylic acids is 1. The number of hydrogen-bond donors (Lipinski definition) is 1. The van der Waals surface area contributed by atoms with E-state index in [0.717, 1.165) is 13.0 Å². The van der Waals surface area contributed by atoms with E-state index in [-0.39, 0.29) is 17.5 Å². The molecule has 3 rings (SSSR count). The summed E-state index contributed by atoms with van der Waals surface area (Å²) in [7, 11) is 0. The second kappa shape index (κ2) is 5.03. The Kier molecular flexibility index (Phi) is 3.44. The lowest BCUT2D eigenvalue weighted by Gasteiger charge is -2.24. The molecule has 0 heterocycles. The molecular weight excluding hydrogens is 331 g/mol. The monoisotopic (exact) mass is 342 g/mol. The van der Waals surface area contributed by atoms with E-state index in [1.165, 1.54) is 0 Å². The first-order valence-corrected chi connectivity index (χ1v) is 6.98. The topological polar surface area (TPSA) is 37.3 Å². The van der Waals surface area contributed by atoms with Crippen molar-refractivity contribution in [2.24, 2.45) is 0 Å². The molecule has 0 fully saturated rings. The predicted molar refractivity (Wildman–Crippen MR) is 76.3 cm³/mol. The number of fused-ring (bicyclic) bond motifs is 3. The lowest BCUT2D eigenvalue weighted by atomic mass is 9.89. The van der Waals surface area contributed by atoms with Crippen molar-refractivity contribution in [1.82, 2.24) is 0 Å².